The minimum atomic E-state index is -0.998. The second-order valence-corrected chi connectivity index (χ2v) is 6.74. The van der Waals surface area contributed by atoms with Gasteiger partial charge in [0, 0.05) is 5.56 Å². The maximum absolute atomic E-state index is 12.9. The maximum atomic E-state index is 12.9. The van der Waals surface area contributed by atoms with Crippen LogP contribution in [0.4, 0.5) is 5.69 Å². The quantitative estimate of drug-likeness (QED) is 0.801. The number of hydrogen-bond acceptors (Lipinski definition) is 4. The molecule has 2 aromatic carbocycles. The second kappa shape index (κ2) is 7.60. The summed E-state index contributed by atoms with van der Waals surface area (Å²) in [7, 11) is 1.55. The van der Waals surface area contributed by atoms with E-state index in [2.05, 4.69) is 5.32 Å². The van der Waals surface area contributed by atoms with Crippen LogP contribution >= 0.6 is 0 Å². The van der Waals surface area contributed by atoms with Crippen LogP contribution in [-0.2, 0) is 14.3 Å². The summed E-state index contributed by atoms with van der Waals surface area (Å²) in [6, 6.07) is 14.6. The molecule has 0 radical (unpaired) electrons. The highest BCUT2D eigenvalue weighted by Gasteiger charge is 2.42. The first-order valence-corrected chi connectivity index (χ1v) is 8.70. The molecule has 1 aliphatic carbocycles. The third kappa shape index (κ3) is 4.04. The van der Waals surface area contributed by atoms with Gasteiger partial charge in [-0.25, -0.2) is 0 Å². The predicted octanol–water partition coefficient (Wildman–Crippen LogP) is 3.88. The second-order valence-electron chi connectivity index (χ2n) is 6.74. The first-order valence-electron chi connectivity index (χ1n) is 8.70. The van der Waals surface area contributed by atoms with E-state index in [1.54, 1.807) is 25.3 Å². The molecule has 3 atom stereocenters. The van der Waals surface area contributed by atoms with Gasteiger partial charge in [-0.15, -0.1) is 0 Å². The Morgan fingerprint density at radius 3 is 2.46 bits per heavy atom. The lowest BCUT2D eigenvalue weighted by Gasteiger charge is -2.19. The number of ether oxygens (including phenoxy) is 2. The molecule has 1 saturated carbocycles. The van der Waals surface area contributed by atoms with Gasteiger partial charge in [-0.05, 0) is 37.0 Å². The molecule has 1 aliphatic rings. The number of nitrogens with one attached hydrogen (secondary N) is 1. The number of anilines is 1. The van der Waals surface area contributed by atoms with E-state index in [1.165, 1.54) is 0 Å². The van der Waals surface area contributed by atoms with Crippen LogP contribution in [0.25, 0.3) is 0 Å². The van der Waals surface area contributed by atoms with E-state index in [4.69, 9.17) is 9.47 Å². The molecule has 0 bridgehead atoms. The Kier molecular flexibility index (Phi) is 5.26. The van der Waals surface area contributed by atoms with Crippen LogP contribution in [0, 0.1) is 18.8 Å². The molecule has 26 heavy (non-hydrogen) atoms. The zero-order valence-electron chi connectivity index (χ0n) is 15.2. The minimum absolute atomic E-state index is 0.109. The number of rotatable bonds is 6. The van der Waals surface area contributed by atoms with Gasteiger partial charge < -0.3 is 14.8 Å². The summed E-state index contributed by atoms with van der Waals surface area (Å²) in [5.41, 5.74) is 2.17. The van der Waals surface area contributed by atoms with Crippen molar-refractivity contribution in [3.63, 3.8) is 0 Å². The topological polar surface area (TPSA) is 64.6 Å². The molecule has 0 aliphatic heterocycles. The van der Waals surface area contributed by atoms with Crippen molar-refractivity contribution < 1.29 is 19.1 Å². The third-order valence-electron chi connectivity index (χ3n) is 4.60. The molecule has 0 heterocycles. The van der Waals surface area contributed by atoms with Crippen molar-refractivity contribution in [2.75, 3.05) is 12.4 Å². The van der Waals surface area contributed by atoms with Crippen molar-refractivity contribution in [1.29, 1.82) is 0 Å². The Bertz CT molecular complexity index is 803. The lowest BCUT2D eigenvalue weighted by Crippen LogP contribution is -2.26. The Morgan fingerprint density at radius 1 is 1.15 bits per heavy atom. The van der Waals surface area contributed by atoms with E-state index >= 15 is 0 Å². The van der Waals surface area contributed by atoms with Gasteiger partial charge in [0.05, 0.1) is 18.7 Å². The van der Waals surface area contributed by atoms with E-state index < -0.39 is 12.0 Å². The number of carbonyl (C=O) groups is 2. The van der Waals surface area contributed by atoms with Crippen molar-refractivity contribution in [3.05, 3.63) is 59.7 Å². The number of hydrogen-bond donors (Lipinski definition) is 1. The van der Waals surface area contributed by atoms with Crippen molar-refractivity contribution in [2.24, 2.45) is 11.8 Å². The average Bonchev–Trinajstić information content (AvgIpc) is 3.37. The highest BCUT2D eigenvalue weighted by atomic mass is 16.5. The minimum Gasteiger partial charge on any atom is -0.495 e. The summed E-state index contributed by atoms with van der Waals surface area (Å²) >= 11 is 0. The van der Waals surface area contributed by atoms with Crippen molar-refractivity contribution in [3.8, 4) is 5.75 Å². The Balaban J connectivity index is 1.83. The predicted molar refractivity (Wildman–Crippen MR) is 98.9 cm³/mol. The number of methoxy groups -OCH3 is 1. The maximum Gasteiger partial charge on any atom is 0.310 e. The first kappa shape index (κ1) is 18.0. The summed E-state index contributed by atoms with van der Waals surface area (Å²) in [6.07, 6.45) is -0.185. The fourth-order valence-electron chi connectivity index (χ4n) is 2.87. The lowest BCUT2D eigenvalue weighted by atomic mass is 10.1. The Morgan fingerprint density at radius 2 is 1.85 bits per heavy atom. The largest absolute Gasteiger partial charge is 0.495 e. The molecule has 1 N–H and O–H groups in total. The highest BCUT2D eigenvalue weighted by molar-refractivity contribution is 5.97. The van der Waals surface area contributed by atoms with Gasteiger partial charge in [0.15, 0.2) is 0 Å². The van der Waals surface area contributed by atoms with E-state index in [0.29, 0.717) is 22.9 Å². The molecule has 0 unspecified atom stereocenters. The zero-order valence-corrected chi connectivity index (χ0v) is 15.2. The Labute approximate surface area is 153 Å². The number of carbonyl (C=O) groups excluding carboxylic acids is 2. The van der Waals surface area contributed by atoms with Crippen LogP contribution in [0.15, 0.2) is 48.5 Å². The molecule has 5 heteroatoms. The van der Waals surface area contributed by atoms with Gasteiger partial charge in [0.1, 0.15) is 5.75 Å². The monoisotopic (exact) mass is 353 g/mol. The van der Waals surface area contributed by atoms with Gasteiger partial charge in [-0.2, -0.15) is 0 Å². The van der Waals surface area contributed by atoms with Gasteiger partial charge in [-0.1, -0.05) is 43.3 Å². The van der Waals surface area contributed by atoms with E-state index in [1.807, 2.05) is 44.2 Å². The summed E-state index contributed by atoms with van der Waals surface area (Å²) in [5.74, 6) is 0.0405. The average molecular weight is 353 g/mol. The smallest absolute Gasteiger partial charge is 0.310 e. The highest BCUT2D eigenvalue weighted by Crippen LogP contribution is 2.40. The summed E-state index contributed by atoms with van der Waals surface area (Å²) in [5, 5.41) is 2.84. The van der Waals surface area contributed by atoms with E-state index in [9.17, 15) is 9.59 Å². The van der Waals surface area contributed by atoms with Crippen molar-refractivity contribution >= 4 is 17.6 Å². The van der Waals surface area contributed by atoms with Crippen LogP contribution in [0.3, 0.4) is 0 Å². The van der Waals surface area contributed by atoms with E-state index in [-0.39, 0.29) is 11.9 Å². The van der Waals surface area contributed by atoms with Gasteiger partial charge in [0.2, 0.25) is 6.10 Å². The third-order valence-corrected chi connectivity index (χ3v) is 4.60. The molecule has 5 nitrogen and oxygen atoms in total. The molecular weight excluding hydrogens is 330 g/mol. The molecular formula is C21H23NO4. The summed E-state index contributed by atoms with van der Waals surface area (Å²) in [4.78, 5) is 25.2. The first-order chi connectivity index (χ1) is 12.5. The molecule has 3 rings (SSSR count). The standard InChI is InChI=1S/C21H23NO4/c1-13-9-10-18(25-3)17(11-13)22-20(23)19(15-7-5-4-6-8-15)26-21(24)16-12-14(16)2/h4-11,14,16,19H,12H2,1-3H3,(H,22,23)/t14-,16+,19-/m0/s1. The number of benzene rings is 2. The summed E-state index contributed by atoms with van der Waals surface area (Å²) in [6.45, 7) is 3.93. The molecule has 1 amide bonds. The Hall–Kier alpha value is -2.82. The molecule has 1 fully saturated rings. The lowest BCUT2D eigenvalue weighted by molar-refractivity contribution is -0.156. The van der Waals surface area contributed by atoms with Crippen molar-refractivity contribution in [1.82, 2.24) is 0 Å². The molecule has 136 valence electrons. The molecule has 2 aromatic rings. The van der Waals surface area contributed by atoms with Crippen molar-refractivity contribution in [2.45, 2.75) is 26.4 Å². The van der Waals surface area contributed by atoms with Crippen LogP contribution in [-0.4, -0.2) is 19.0 Å². The van der Waals surface area contributed by atoms with Crippen LogP contribution in [0.2, 0.25) is 0 Å². The number of esters is 1. The molecule has 0 saturated heterocycles. The molecule has 0 aromatic heterocycles. The number of aryl methyl sites for hydroxylation is 1. The number of amides is 1. The van der Waals surface area contributed by atoms with Gasteiger partial charge in [-0.3, -0.25) is 9.59 Å². The zero-order chi connectivity index (χ0) is 18.7. The normalized spacial score (nSPS) is 19.3. The van der Waals surface area contributed by atoms with Gasteiger partial charge >= 0.3 is 5.97 Å². The molecule has 0 spiro atoms. The van der Waals surface area contributed by atoms with Crippen LogP contribution in [0.1, 0.15) is 30.6 Å². The fourth-order valence-corrected chi connectivity index (χ4v) is 2.87. The van der Waals surface area contributed by atoms with E-state index in [0.717, 1.165) is 12.0 Å². The van der Waals surface area contributed by atoms with Gasteiger partial charge in [0.25, 0.3) is 5.91 Å². The van der Waals surface area contributed by atoms with Crippen LogP contribution < -0.4 is 10.1 Å². The fraction of sp³-hybridized carbons (Fsp3) is 0.333. The SMILES string of the molecule is COc1ccc(C)cc1NC(=O)[C@@H](OC(=O)[C@@H]1C[C@@H]1C)c1ccccc1. The van der Waals surface area contributed by atoms with Crippen LogP contribution in [0.5, 0.6) is 5.75 Å². The summed E-state index contributed by atoms with van der Waals surface area (Å²) < 4.78 is 10.9.